The number of allylic oxidation sites excluding steroid dienone is 1. The number of carboxylic acids is 1. The highest BCUT2D eigenvalue weighted by Crippen LogP contribution is 2.02. The quantitative estimate of drug-likeness (QED) is 0.517. The number of amides is 2. The average Bonchev–Trinajstić information content (AvgIpc) is 2.29. The van der Waals surface area contributed by atoms with E-state index in [1.807, 2.05) is 32.9 Å². The van der Waals surface area contributed by atoms with Gasteiger partial charge in [-0.2, -0.15) is 0 Å². The fraction of sp³-hybridized carbons (Fsp3) is 0.692. The van der Waals surface area contributed by atoms with Gasteiger partial charge in [-0.1, -0.05) is 12.2 Å². The van der Waals surface area contributed by atoms with Crippen LogP contribution in [0.2, 0.25) is 0 Å². The van der Waals surface area contributed by atoms with Gasteiger partial charge in [-0.25, -0.2) is 4.79 Å². The Balaban J connectivity index is 4.06. The van der Waals surface area contributed by atoms with Gasteiger partial charge in [-0.05, 0) is 33.6 Å². The lowest BCUT2D eigenvalue weighted by molar-refractivity contribution is -0.137. The lowest BCUT2D eigenvalue weighted by Gasteiger charge is -2.26. The lowest BCUT2D eigenvalue weighted by Crippen LogP contribution is -2.44. The number of hydrogen-bond donors (Lipinski definition) is 2. The number of carboxylic acid groups (broad SMARTS) is 1. The van der Waals surface area contributed by atoms with Crippen LogP contribution in [0, 0.1) is 0 Å². The second-order valence-corrected chi connectivity index (χ2v) is 4.37. The maximum Gasteiger partial charge on any atom is 0.317 e. The van der Waals surface area contributed by atoms with Crippen LogP contribution in [0.15, 0.2) is 12.2 Å². The van der Waals surface area contributed by atoms with E-state index in [2.05, 4.69) is 5.32 Å². The molecule has 0 aromatic heterocycles. The molecular weight excluding hydrogens is 232 g/mol. The van der Waals surface area contributed by atoms with Crippen molar-refractivity contribution in [3.63, 3.8) is 0 Å². The molecule has 18 heavy (non-hydrogen) atoms. The molecule has 0 spiro atoms. The molecule has 0 unspecified atom stereocenters. The van der Waals surface area contributed by atoms with E-state index in [1.165, 1.54) is 0 Å². The molecular formula is C13H24N2O3. The van der Waals surface area contributed by atoms with E-state index in [-0.39, 0.29) is 18.5 Å². The zero-order valence-electron chi connectivity index (χ0n) is 11.5. The van der Waals surface area contributed by atoms with Crippen molar-refractivity contribution in [2.24, 2.45) is 0 Å². The topological polar surface area (TPSA) is 69.6 Å². The maximum atomic E-state index is 11.9. The number of carbonyl (C=O) groups excluding carboxylic acids is 1. The summed E-state index contributed by atoms with van der Waals surface area (Å²) in [6.45, 7) is 6.86. The Morgan fingerprint density at radius 1 is 1.39 bits per heavy atom. The molecule has 0 saturated carbocycles. The molecule has 0 fully saturated rings. The van der Waals surface area contributed by atoms with Crippen molar-refractivity contribution < 1.29 is 14.7 Å². The first-order valence-electron chi connectivity index (χ1n) is 6.36. The highest BCUT2D eigenvalue weighted by Gasteiger charge is 2.16. The van der Waals surface area contributed by atoms with Crippen molar-refractivity contribution in [2.45, 2.75) is 46.1 Å². The molecule has 5 heteroatoms. The van der Waals surface area contributed by atoms with E-state index in [4.69, 9.17) is 5.11 Å². The summed E-state index contributed by atoms with van der Waals surface area (Å²) in [6, 6.07) is -0.0552. The van der Waals surface area contributed by atoms with Crippen molar-refractivity contribution in [3.05, 3.63) is 12.2 Å². The molecule has 0 saturated heterocycles. The number of nitrogens with one attached hydrogen (secondary N) is 1. The summed E-state index contributed by atoms with van der Waals surface area (Å²) >= 11 is 0. The first-order valence-corrected chi connectivity index (χ1v) is 6.36. The zero-order valence-corrected chi connectivity index (χ0v) is 11.5. The molecule has 0 aromatic rings. The summed E-state index contributed by atoms with van der Waals surface area (Å²) in [4.78, 5) is 24.0. The highest BCUT2D eigenvalue weighted by molar-refractivity contribution is 5.74. The van der Waals surface area contributed by atoms with Crippen LogP contribution in [0.4, 0.5) is 4.79 Å². The van der Waals surface area contributed by atoms with Gasteiger partial charge in [-0.15, -0.1) is 0 Å². The van der Waals surface area contributed by atoms with Crippen molar-refractivity contribution in [3.8, 4) is 0 Å². The first kappa shape index (κ1) is 16.5. The molecule has 2 amide bonds. The number of hydrogen-bond acceptors (Lipinski definition) is 2. The van der Waals surface area contributed by atoms with Gasteiger partial charge in [0, 0.05) is 25.6 Å². The Morgan fingerprint density at radius 3 is 2.56 bits per heavy atom. The van der Waals surface area contributed by atoms with Crippen LogP contribution >= 0.6 is 0 Å². The second kappa shape index (κ2) is 9.50. The van der Waals surface area contributed by atoms with Gasteiger partial charge in [0.2, 0.25) is 0 Å². The van der Waals surface area contributed by atoms with Gasteiger partial charge < -0.3 is 15.3 Å². The minimum absolute atomic E-state index is 0.0699. The molecule has 0 aromatic carbocycles. The first-order chi connectivity index (χ1) is 8.49. The van der Waals surface area contributed by atoms with Crippen LogP contribution < -0.4 is 5.32 Å². The number of rotatable bonds is 8. The van der Waals surface area contributed by atoms with E-state index in [0.29, 0.717) is 19.5 Å². The largest absolute Gasteiger partial charge is 0.481 e. The van der Waals surface area contributed by atoms with Crippen LogP contribution in [-0.4, -0.2) is 41.1 Å². The summed E-state index contributed by atoms with van der Waals surface area (Å²) in [5.74, 6) is -0.827. The third kappa shape index (κ3) is 7.70. The van der Waals surface area contributed by atoms with E-state index in [9.17, 15) is 9.59 Å². The van der Waals surface area contributed by atoms with Gasteiger partial charge in [0.05, 0.1) is 0 Å². The number of urea groups is 1. The molecule has 0 rings (SSSR count). The Hall–Kier alpha value is -1.52. The molecule has 104 valence electrons. The van der Waals surface area contributed by atoms with Crippen LogP contribution in [0.25, 0.3) is 0 Å². The van der Waals surface area contributed by atoms with Crippen LogP contribution in [0.3, 0.4) is 0 Å². The molecule has 0 radical (unpaired) electrons. The molecule has 0 aliphatic heterocycles. The summed E-state index contributed by atoms with van der Waals surface area (Å²) < 4.78 is 0. The van der Waals surface area contributed by atoms with Gasteiger partial charge in [0.1, 0.15) is 0 Å². The molecule has 0 aliphatic rings. The third-order valence-corrected chi connectivity index (χ3v) is 2.50. The number of carbonyl (C=O) groups is 2. The number of aliphatic carboxylic acids is 1. The van der Waals surface area contributed by atoms with E-state index >= 15 is 0 Å². The van der Waals surface area contributed by atoms with E-state index in [1.54, 1.807) is 4.90 Å². The molecule has 0 bridgehead atoms. The van der Waals surface area contributed by atoms with Gasteiger partial charge >= 0.3 is 12.0 Å². The summed E-state index contributed by atoms with van der Waals surface area (Å²) in [7, 11) is 0. The normalized spacial score (nSPS) is 10.9. The van der Waals surface area contributed by atoms with Crippen molar-refractivity contribution in [1.82, 2.24) is 10.2 Å². The predicted molar refractivity (Wildman–Crippen MR) is 71.5 cm³/mol. The lowest BCUT2D eigenvalue weighted by atomic mass is 10.2. The minimum atomic E-state index is -0.827. The van der Waals surface area contributed by atoms with Crippen LogP contribution in [-0.2, 0) is 4.79 Å². The molecule has 0 aliphatic carbocycles. The molecule has 2 N–H and O–H groups in total. The Labute approximate surface area is 109 Å². The zero-order chi connectivity index (χ0) is 14.0. The fourth-order valence-electron chi connectivity index (χ4n) is 1.53. The van der Waals surface area contributed by atoms with Gasteiger partial charge in [-0.3, -0.25) is 4.79 Å². The van der Waals surface area contributed by atoms with Gasteiger partial charge in [0.15, 0.2) is 0 Å². The smallest absolute Gasteiger partial charge is 0.317 e. The molecule has 5 nitrogen and oxygen atoms in total. The standard InChI is InChI=1S/C13H24N2O3/c1-4-5-6-9-14-13(18)15(11(2)3)10-7-8-12(16)17/h4-5,11H,6-10H2,1-3H3,(H,14,18)(H,16,17)/b5-4+. The Morgan fingerprint density at radius 2 is 2.06 bits per heavy atom. The summed E-state index contributed by atoms with van der Waals surface area (Å²) in [6.07, 6.45) is 5.32. The monoisotopic (exact) mass is 256 g/mol. The Bertz CT molecular complexity index is 288. The average molecular weight is 256 g/mol. The highest BCUT2D eigenvalue weighted by atomic mass is 16.4. The predicted octanol–water partition coefficient (Wildman–Crippen LogP) is 2.24. The van der Waals surface area contributed by atoms with E-state index < -0.39 is 5.97 Å². The summed E-state index contributed by atoms with van der Waals surface area (Å²) in [5.41, 5.74) is 0. The van der Waals surface area contributed by atoms with Crippen molar-refractivity contribution in [1.29, 1.82) is 0 Å². The van der Waals surface area contributed by atoms with Crippen LogP contribution in [0.5, 0.6) is 0 Å². The van der Waals surface area contributed by atoms with Crippen LogP contribution in [0.1, 0.15) is 40.0 Å². The number of nitrogens with zero attached hydrogens (tertiary/aromatic N) is 1. The van der Waals surface area contributed by atoms with Crippen molar-refractivity contribution in [2.75, 3.05) is 13.1 Å². The Kier molecular flexibility index (Phi) is 8.70. The maximum absolute atomic E-state index is 11.9. The van der Waals surface area contributed by atoms with E-state index in [0.717, 1.165) is 6.42 Å². The molecule has 0 heterocycles. The second-order valence-electron chi connectivity index (χ2n) is 4.37. The van der Waals surface area contributed by atoms with Gasteiger partial charge in [0.25, 0.3) is 0 Å². The minimum Gasteiger partial charge on any atom is -0.481 e. The molecule has 0 atom stereocenters. The summed E-state index contributed by atoms with van der Waals surface area (Å²) in [5, 5.41) is 11.4. The third-order valence-electron chi connectivity index (χ3n) is 2.50. The van der Waals surface area contributed by atoms with Crippen molar-refractivity contribution >= 4 is 12.0 Å². The SMILES string of the molecule is C/C=C/CCNC(=O)N(CCCC(=O)O)C(C)C. The fourth-order valence-corrected chi connectivity index (χ4v) is 1.53.